The van der Waals surface area contributed by atoms with E-state index in [0.29, 0.717) is 17.9 Å². The molecule has 2 rings (SSSR count). The topological polar surface area (TPSA) is 81.3 Å². The lowest BCUT2D eigenvalue weighted by atomic mass is 10.0. The molecule has 0 saturated heterocycles. The van der Waals surface area contributed by atoms with E-state index in [1.54, 1.807) is 18.7 Å². The van der Waals surface area contributed by atoms with Crippen molar-refractivity contribution in [2.24, 2.45) is 0 Å². The second kappa shape index (κ2) is 7.04. The van der Waals surface area contributed by atoms with Crippen LogP contribution in [0.3, 0.4) is 0 Å². The quantitative estimate of drug-likeness (QED) is 0.616. The van der Waals surface area contributed by atoms with Gasteiger partial charge in [0, 0.05) is 12.1 Å². The summed E-state index contributed by atoms with van der Waals surface area (Å²) in [6, 6.07) is 9.75. The summed E-state index contributed by atoms with van der Waals surface area (Å²) in [5.74, 6) is -0.128. The third kappa shape index (κ3) is 4.23. The predicted molar refractivity (Wildman–Crippen MR) is 95.1 cm³/mol. The number of hydrogen-bond donors (Lipinski definition) is 0. The number of amides is 1. The molecule has 0 bridgehead atoms. The predicted octanol–water partition coefficient (Wildman–Crippen LogP) is 3.24. The molecule has 0 aliphatic heterocycles. The van der Waals surface area contributed by atoms with E-state index in [2.05, 4.69) is 5.10 Å². The molecule has 0 saturated carbocycles. The molecular weight excluding hydrogens is 320 g/mol. The number of carbonyl (C=O) groups excluding carboxylic acids is 1. The molecule has 7 nitrogen and oxygen atoms in total. The van der Waals surface area contributed by atoms with E-state index < -0.39 is 4.92 Å². The van der Waals surface area contributed by atoms with E-state index >= 15 is 0 Å². The first-order chi connectivity index (χ1) is 11.6. The second-order valence-corrected chi connectivity index (χ2v) is 7.07. The first-order valence-corrected chi connectivity index (χ1v) is 8.14. The van der Waals surface area contributed by atoms with E-state index in [1.807, 2.05) is 51.1 Å². The van der Waals surface area contributed by atoms with Gasteiger partial charge in [0.2, 0.25) is 5.91 Å². The summed E-state index contributed by atoms with van der Waals surface area (Å²) in [5, 5.41) is 15.3. The maximum atomic E-state index is 12.9. The largest absolute Gasteiger partial charge is 0.332 e. The molecule has 2 aromatic rings. The van der Waals surface area contributed by atoms with Gasteiger partial charge in [-0.05, 0) is 40.2 Å². The Morgan fingerprint density at radius 1 is 1.24 bits per heavy atom. The molecule has 134 valence electrons. The lowest BCUT2D eigenvalue weighted by Crippen LogP contribution is -2.46. The number of hydrogen-bond acceptors (Lipinski definition) is 4. The minimum atomic E-state index is -0.454. The van der Waals surface area contributed by atoms with Crippen molar-refractivity contribution >= 4 is 11.6 Å². The SMILES string of the molecule is Cc1nn(CC(=O)N(Cc2ccccc2)C(C)(C)C)c(C)c1[N+](=O)[O-]. The van der Waals surface area contributed by atoms with Crippen LogP contribution < -0.4 is 0 Å². The van der Waals surface area contributed by atoms with Gasteiger partial charge in [-0.2, -0.15) is 5.10 Å². The minimum absolute atomic E-state index is 0.0232. The lowest BCUT2D eigenvalue weighted by molar-refractivity contribution is -0.386. The molecule has 1 amide bonds. The third-order valence-electron chi connectivity index (χ3n) is 4.11. The number of nitro groups is 1. The Labute approximate surface area is 147 Å². The third-order valence-corrected chi connectivity index (χ3v) is 4.11. The van der Waals surface area contributed by atoms with Gasteiger partial charge in [0.15, 0.2) is 0 Å². The number of benzene rings is 1. The van der Waals surface area contributed by atoms with Gasteiger partial charge in [-0.15, -0.1) is 0 Å². The normalized spacial score (nSPS) is 11.4. The molecule has 0 N–H and O–H groups in total. The average Bonchev–Trinajstić information content (AvgIpc) is 2.78. The van der Waals surface area contributed by atoms with Crippen LogP contribution in [0.5, 0.6) is 0 Å². The van der Waals surface area contributed by atoms with Gasteiger partial charge in [0.1, 0.15) is 17.9 Å². The molecule has 0 fully saturated rings. The molecule has 1 heterocycles. The highest BCUT2D eigenvalue weighted by atomic mass is 16.6. The summed E-state index contributed by atoms with van der Waals surface area (Å²) in [5.41, 5.74) is 1.34. The van der Waals surface area contributed by atoms with Crippen molar-refractivity contribution in [3.8, 4) is 0 Å². The Morgan fingerprint density at radius 2 is 1.84 bits per heavy atom. The average molecular weight is 344 g/mol. The zero-order chi connectivity index (χ0) is 18.8. The van der Waals surface area contributed by atoms with E-state index in [0.717, 1.165) is 5.56 Å². The van der Waals surface area contributed by atoms with Crippen molar-refractivity contribution < 1.29 is 9.72 Å². The summed E-state index contributed by atoms with van der Waals surface area (Å²) >= 11 is 0. The van der Waals surface area contributed by atoms with E-state index in [-0.39, 0.29) is 23.7 Å². The number of aromatic nitrogens is 2. The van der Waals surface area contributed by atoms with Gasteiger partial charge in [-0.1, -0.05) is 30.3 Å². The van der Waals surface area contributed by atoms with Crippen molar-refractivity contribution in [3.63, 3.8) is 0 Å². The summed E-state index contributed by atoms with van der Waals surface area (Å²) < 4.78 is 1.42. The molecule has 0 spiro atoms. The highest BCUT2D eigenvalue weighted by Crippen LogP contribution is 2.23. The van der Waals surface area contributed by atoms with Crippen molar-refractivity contribution in [2.75, 3.05) is 0 Å². The molecule has 25 heavy (non-hydrogen) atoms. The van der Waals surface area contributed by atoms with Gasteiger partial charge in [-0.25, -0.2) is 0 Å². The van der Waals surface area contributed by atoms with Crippen LogP contribution in [0.4, 0.5) is 5.69 Å². The van der Waals surface area contributed by atoms with E-state index in [1.165, 1.54) is 4.68 Å². The van der Waals surface area contributed by atoms with Crippen molar-refractivity contribution in [1.82, 2.24) is 14.7 Å². The van der Waals surface area contributed by atoms with Gasteiger partial charge >= 0.3 is 5.69 Å². The highest BCUT2D eigenvalue weighted by molar-refractivity contribution is 5.77. The van der Waals surface area contributed by atoms with Crippen LogP contribution in [0, 0.1) is 24.0 Å². The van der Waals surface area contributed by atoms with Gasteiger partial charge < -0.3 is 4.90 Å². The molecule has 0 aliphatic rings. The van der Waals surface area contributed by atoms with Crippen molar-refractivity contribution in [2.45, 2.75) is 53.2 Å². The smallest absolute Gasteiger partial charge is 0.312 e. The Morgan fingerprint density at radius 3 is 2.32 bits per heavy atom. The fourth-order valence-corrected chi connectivity index (χ4v) is 2.78. The van der Waals surface area contributed by atoms with Crippen LogP contribution in [0.1, 0.15) is 37.7 Å². The summed E-state index contributed by atoms with van der Waals surface area (Å²) in [7, 11) is 0. The Balaban J connectivity index is 2.26. The molecule has 1 aromatic carbocycles. The van der Waals surface area contributed by atoms with Crippen LogP contribution in [0.15, 0.2) is 30.3 Å². The molecule has 0 radical (unpaired) electrons. The maximum Gasteiger partial charge on any atom is 0.312 e. The monoisotopic (exact) mass is 344 g/mol. The standard InChI is InChI=1S/C18H24N4O3/c1-13-17(22(24)25)14(2)21(19-13)12-16(23)20(18(3,4)5)11-15-9-7-6-8-10-15/h6-10H,11-12H2,1-5H3. The number of carbonyl (C=O) groups is 1. The number of nitrogens with zero attached hydrogens (tertiary/aromatic N) is 4. The first kappa shape index (κ1) is 18.6. The summed E-state index contributed by atoms with van der Waals surface area (Å²) in [6.45, 7) is 9.56. The minimum Gasteiger partial charge on any atom is -0.332 e. The zero-order valence-corrected chi connectivity index (χ0v) is 15.3. The molecule has 7 heteroatoms. The number of aryl methyl sites for hydroxylation is 1. The first-order valence-electron chi connectivity index (χ1n) is 8.14. The van der Waals surface area contributed by atoms with Crippen LogP contribution in [0.25, 0.3) is 0 Å². The fourth-order valence-electron chi connectivity index (χ4n) is 2.78. The van der Waals surface area contributed by atoms with Crippen LogP contribution in [-0.2, 0) is 17.9 Å². The van der Waals surface area contributed by atoms with E-state index in [4.69, 9.17) is 0 Å². The Bertz CT molecular complexity index is 776. The second-order valence-electron chi connectivity index (χ2n) is 7.07. The summed E-state index contributed by atoms with van der Waals surface area (Å²) in [4.78, 5) is 25.3. The molecule has 0 unspecified atom stereocenters. The van der Waals surface area contributed by atoms with Crippen LogP contribution in [0.2, 0.25) is 0 Å². The van der Waals surface area contributed by atoms with Gasteiger partial charge in [0.25, 0.3) is 0 Å². The van der Waals surface area contributed by atoms with Crippen molar-refractivity contribution in [3.05, 3.63) is 57.4 Å². The molecule has 0 atom stereocenters. The van der Waals surface area contributed by atoms with Crippen molar-refractivity contribution in [1.29, 1.82) is 0 Å². The van der Waals surface area contributed by atoms with Crippen LogP contribution in [-0.4, -0.2) is 31.0 Å². The summed E-state index contributed by atoms with van der Waals surface area (Å²) in [6.07, 6.45) is 0. The molecule has 1 aromatic heterocycles. The Kier molecular flexibility index (Phi) is 5.25. The van der Waals surface area contributed by atoms with E-state index in [9.17, 15) is 14.9 Å². The fraction of sp³-hybridized carbons (Fsp3) is 0.444. The lowest BCUT2D eigenvalue weighted by Gasteiger charge is -2.36. The zero-order valence-electron chi connectivity index (χ0n) is 15.3. The maximum absolute atomic E-state index is 12.9. The molecular formula is C18H24N4O3. The Hall–Kier alpha value is -2.70. The molecule has 0 aliphatic carbocycles. The van der Waals surface area contributed by atoms with Gasteiger partial charge in [-0.3, -0.25) is 19.6 Å². The number of rotatable bonds is 5. The van der Waals surface area contributed by atoms with Gasteiger partial charge in [0.05, 0.1) is 4.92 Å². The van der Waals surface area contributed by atoms with Crippen LogP contribution >= 0.6 is 0 Å². The highest BCUT2D eigenvalue weighted by Gasteiger charge is 2.29.